The summed E-state index contributed by atoms with van der Waals surface area (Å²) in [5.41, 5.74) is 7.50. The van der Waals surface area contributed by atoms with Crippen LogP contribution in [0.1, 0.15) is 31.4 Å². The molecule has 4 heteroatoms. The molecule has 4 nitrogen and oxygen atoms in total. The van der Waals surface area contributed by atoms with Gasteiger partial charge in [0.15, 0.2) is 0 Å². The van der Waals surface area contributed by atoms with Gasteiger partial charge >= 0.3 is 0 Å². The van der Waals surface area contributed by atoms with Crippen LogP contribution in [0.15, 0.2) is 24.5 Å². The van der Waals surface area contributed by atoms with E-state index in [9.17, 15) is 0 Å². The Morgan fingerprint density at radius 3 is 2.68 bits per heavy atom. The van der Waals surface area contributed by atoms with Crippen LogP contribution in [0.25, 0.3) is 0 Å². The summed E-state index contributed by atoms with van der Waals surface area (Å²) < 4.78 is 0. The fraction of sp³-hybridized carbons (Fsp3) is 0.667. The van der Waals surface area contributed by atoms with Gasteiger partial charge in [0.2, 0.25) is 0 Å². The minimum absolute atomic E-state index is 0.111. The van der Waals surface area contributed by atoms with Gasteiger partial charge < -0.3 is 10.6 Å². The van der Waals surface area contributed by atoms with Crippen molar-refractivity contribution in [2.24, 2.45) is 5.73 Å². The van der Waals surface area contributed by atoms with E-state index in [-0.39, 0.29) is 12.1 Å². The van der Waals surface area contributed by atoms with E-state index >= 15 is 0 Å². The van der Waals surface area contributed by atoms with Gasteiger partial charge in [-0.3, -0.25) is 9.88 Å². The van der Waals surface area contributed by atoms with E-state index in [1.165, 1.54) is 24.9 Å². The Kier molecular flexibility index (Phi) is 4.91. The van der Waals surface area contributed by atoms with E-state index in [1.807, 2.05) is 12.4 Å². The molecule has 1 fully saturated rings. The third-order valence-corrected chi connectivity index (χ3v) is 4.16. The molecule has 0 amide bonds. The van der Waals surface area contributed by atoms with Crippen molar-refractivity contribution in [3.8, 4) is 0 Å². The molecule has 0 spiro atoms. The molecule has 1 saturated heterocycles. The van der Waals surface area contributed by atoms with Crippen molar-refractivity contribution in [3.63, 3.8) is 0 Å². The average Bonchev–Trinajstić information content (AvgIpc) is 2.39. The second kappa shape index (κ2) is 6.46. The predicted molar refractivity (Wildman–Crippen MR) is 78.9 cm³/mol. The van der Waals surface area contributed by atoms with E-state index < -0.39 is 0 Å². The van der Waals surface area contributed by atoms with Gasteiger partial charge in [-0.05, 0) is 58.1 Å². The molecule has 106 valence electrons. The average molecular weight is 262 g/mol. The Balaban J connectivity index is 2.15. The third-order valence-electron chi connectivity index (χ3n) is 4.16. The zero-order valence-corrected chi connectivity index (χ0v) is 12.3. The van der Waals surface area contributed by atoms with Crippen LogP contribution in [0.5, 0.6) is 0 Å². The van der Waals surface area contributed by atoms with Gasteiger partial charge in [-0.2, -0.15) is 0 Å². The van der Waals surface area contributed by atoms with Gasteiger partial charge in [-0.1, -0.05) is 0 Å². The fourth-order valence-corrected chi connectivity index (χ4v) is 3.17. The molecule has 2 N–H and O–H groups in total. The van der Waals surface area contributed by atoms with Crippen molar-refractivity contribution in [1.29, 1.82) is 0 Å². The molecule has 1 aromatic rings. The van der Waals surface area contributed by atoms with Crippen LogP contribution < -0.4 is 5.73 Å². The lowest BCUT2D eigenvalue weighted by atomic mass is 9.96. The van der Waals surface area contributed by atoms with Crippen LogP contribution in [0, 0.1) is 0 Å². The quantitative estimate of drug-likeness (QED) is 0.893. The second-order valence-corrected chi connectivity index (χ2v) is 5.81. The molecule has 1 aliphatic rings. The van der Waals surface area contributed by atoms with Crippen molar-refractivity contribution in [3.05, 3.63) is 30.1 Å². The molecule has 3 unspecified atom stereocenters. The maximum atomic E-state index is 6.24. The van der Waals surface area contributed by atoms with Gasteiger partial charge in [-0.25, -0.2) is 0 Å². The lowest BCUT2D eigenvalue weighted by Gasteiger charge is -2.41. The highest BCUT2D eigenvalue weighted by molar-refractivity contribution is 5.17. The Bertz CT molecular complexity index is 379. The molecule has 0 radical (unpaired) electrons. The molecular weight excluding hydrogens is 236 g/mol. The SMILES string of the molecule is CC(N)C(c1ccncc1)N(C)C1CCCN(C)C1. The molecule has 1 aliphatic heterocycles. The topological polar surface area (TPSA) is 45.4 Å². The first-order chi connectivity index (χ1) is 9.09. The number of likely N-dealkylation sites (N-methyl/N-ethyl adjacent to an activating group) is 2. The normalized spacial score (nSPS) is 24.4. The highest BCUT2D eigenvalue weighted by Crippen LogP contribution is 2.26. The molecule has 0 aromatic carbocycles. The number of piperidine rings is 1. The van der Waals surface area contributed by atoms with Crippen LogP contribution in [-0.2, 0) is 0 Å². The minimum atomic E-state index is 0.111. The van der Waals surface area contributed by atoms with Crippen LogP contribution in [-0.4, -0.2) is 54.1 Å². The highest BCUT2D eigenvalue weighted by Gasteiger charge is 2.29. The van der Waals surface area contributed by atoms with Crippen molar-refractivity contribution < 1.29 is 0 Å². The van der Waals surface area contributed by atoms with Gasteiger partial charge in [0, 0.05) is 37.1 Å². The number of nitrogens with two attached hydrogens (primary N) is 1. The summed E-state index contributed by atoms with van der Waals surface area (Å²) in [4.78, 5) is 8.97. The summed E-state index contributed by atoms with van der Waals surface area (Å²) in [7, 11) is 4.41. The molecular formula is C15H26N4. The van der Waals surface area contributed by atoms with Crippen LogP contribution in [0.4, 0.5) is 0 Å². The summed E-state index contributed by atoms with van der Waals surface area (Å²) >= 11 is 0. The largest absolute Gasteiger partial charge is 0.326 e. The number of rotatable bonds is 4. The number of hydrogen-bond donors (Lipinski definition) is 1. The lowest BCUT2D eigenvalue weighted by molar-refractivity contribution is 0.0892. The van der Waals surface area contributed by atoms with E-state index in [0.717, 1.165) is 6.54 Å². The molecule has 3 atom stereocenters. The maximum Gasteiger partial charge on any atom is 0.0498 e. The van der Waals surface area contributed by atoms with E-state index in [4.69, 9.17) is 5.73 Å². The van der Waals surface area contributed by atoms with Crippen molar-refractivity contribution in [2.45, 2.75) is 37.9 Å². The fourth-order valence-electron chi connectivity index (χ4n) is 3.17. The summed E-state index contributed by atoms with van der Waals surface area (Å²) in [6, 6.07) is 5.12. The number of aromatic nitrogens is 1. The van der Waals surface area contributed by atoms with Crippen molar-refractivity contribution >= 4 is 0 Å². The summed E-state index contributed by atoms with van der Waals surface area (Å²) in [5, 5.41) is 0. The summed E-state index contributed by atoms with van der Waals surface area (Å²) in [6.07, 6.45) is 6.24. The maximum absolute atomic E-state index is 6.24. The Labute approximate surface area is 116 Å². The van der Waals surface area contributed by atoms with Crippen molar-refractivity contribution in [1.82, 2.24) is 14.8 Å². The van der Waals surface area contributed by atoms with Crippen molar-refractivity contribution in [2.75, 3.05) is 27.2 Å². The minimum Gasteiger partial charge on any atom is -0.326 e. The first kappa shape index (κ1) is 14.4. The number of likely N-dealkylation sites (tertiary alicyclic amines) is 1. The monoisotopic (exact) mass is 262 g/mol. The standard InChI is InChI=1S/C15H26N4/c1-12(16)15(13-6-8-17-9-7-13)19(3)14-5-4-10-18(2)11-14/h6-9,12,14-15H,4-5,10-11,16H2,1-3H3. The number of nitrogens with zero attached hydrogens (tertiary/aromatic N) is 3. The van der Waals surface area contributed by atoms with Gasteiger partial charge in [0.1, 0.15) is 0 Å². The Morgan fingerprint density at radius 1 is 1.42 bits per heavy atom. The van der Waals surface area contributed by atoms with Crippen LogP contribution in [0.3, 0.4) is 0 Å². The molecule has 2 rings (SSSR count). The predicted octanol–water partition coefficient (Wildman–Crippen LogP) is 1.50. The molecule has 0 bridgehead atoms. The van der Waals surface area contributed by atoms with Gasteiger partial charge in [-0.15, -0.1) is 0 Å². The Morgan fingerprint density at radius 2 is 2.11 bits per heavy atom. The van der Waals surface area contributed by atoms with Gasteiger partial charge in [0.25, 0.3) is 0 Å². The van der Waals surface area contributed by atoms with Crippen LogP contribution >= 0.6 is 0 Å². The summed E-state index contributed by atoms with van der Waals surface area (Å²) in [6.45, 7) is 4.43. The Hall–Kier alpha value is -0.970. The second-order valence-electron chi connectivity index (χ2n) is 5.81. The third kappa shape index (κ3) is 3.53. The number of hydrogen-bond acceptors (Lipinski definition) is 4. The zero-order valence-electron chi connectivity index (χ0n) is 12.3. The molecule has 0 aliphatic carbocycles. The molecule has 19 heavy (non-hydrogen) atoms. The zero-order chi connectivity index (χ0) is 13.8. The lowest BCUT2D eigenvalue weighted by Crippen LogP contribution is -2.49. The highest BCUT2D eigenvalue weighted by atomic mass is 15.2. The van der Waals surface area contributed by atoms with E-state index in [2.05, 4.69) is 47.9 Å². The molecule has 0 saturated carbocycles. The van der Waals surface area contributed by atoms with E-state index in [1.54, 1.807) is 0 Å². The molecule has 1 aromatic heterocycles. The molecule has 2 heterocycles. The summed E-state index contributed by atoms with van der Waals surface area (Å²) in [5.74, 6) is 0. The van der Waals surface area contributed by atoms with Gasteiger partial charge in [0.05, 0.1) is 0 Å². The van der Waals surface area contributed by atoms with E-state index in [0.29, 0.717) is 6.04 Å². The smallest absolute Gasteiger partial charge is 0.0498 e. The first-order valence-electron chi connectivity index (χ1n) is 7.15. The first-order valence-corrected chi connectivity index (χ1v) is 7.15. The van der Waals surface area contributed by atoms with Crippen LogP contribution in [0.2, 0.25) is 0 Å². The number of pyridine rings is 1.